The van der Waals surface area contributed by atoms with Crippen LogP contribution in [0.2, 0.25) is 0 Å². The number of fused-ring (bicyclic) bond motifs is 1. The Hall–Kier alpha value is -2.63. The molecule has 1 aliphatic heterocycles. The zero-order valence-electron chi connectivity index (χ0n) is 9.29. The lowest BCUT2D eigenvalue weighted by molar-refractivity contribution is -0.132. The van der Waals surface area contributed by atoms with Crippen molar-refractivity contribution in [1.29, 1.82) is 0 Å². The molecule has 0 saturated carbocycles. The maximum Gasteiger partial charge on any atom is 0.328 e. The standard InChI is InChI=1S/C12H10N2O4/c13-8-1-2-9-7(5-8)6-11(16)14(9)10(15)3-4-12(17)18/h1-5H,6,13H2,(H,17,18)/b4-3+. The second kappa shape index (κ2) is 4.33. The molecule has 1 aliphatic rings. The number of rotatable bonds is 2. The number of anilines is 2. The number of amides is 2. The SMILES string of the molecule is Nc1ccc2c(c1)CC(=O)N2C(=O)/C=C/C(=O)O. The van der Waals surface area contributed by atoms with Gasteiger partial charge in [0.1, 0.15) is 0 Å². The van der Waals surface area contributed by atoms with E-state index in [9.17, 15) is 14.4 Å². The van der Waals surface area contributed by atoms with Crippen LogP contribution in [0.1, 0.15) is 5.56 Å². The molecule has 0 radical (unpaired) electrons. The van der Waals surface area contributed by atoms with Gasteiger partial charge in [0.15, 0.2) is 0 Å². The number of carboxylic acid groups (broad SMARTS) is 1. The van der Waals surface area contributed by atoms with Gasteiger partial charge in [-0.05, 0) is 23.8 Å². The number of benzene rings is 1. The lowest BCUT2D eigenvalue weighted by Crippen LogP contribution is -2.32. The molecule has 0 unspecified atom stereocenters. The molecule has 0 fully saturated rings. The van der Waals surface area contributed by atoms with E-state index in [1.807, 2.05) is 0 Å². The third-order valence-electron chi connectivity index (χ3n) is 2.52. The van der Waals surface area contributed by atoms with E-state index in [1.165, 1.54) is 0 Å². The summed E-state index contributed by atoms with van der Waals surface area (Å²) in [5, 5.41) is 8.44. The first-order chi connectivity index (χ1) is 8.49. The van der Waals surface area contributed by atoms with Gasteiger partial charge in [-0.1, -0.05) is 0 Å². The van der Waals surface area contributed by atoms with Crippen LogP contribution in [0.15, 0.2) is 30.4 Å². The number of nitrogens with zero attached hydrogens (tertiary/aromatic N) is 1. The quantitative estimate of drug-likeness (QED) is 0.578. The molecule has 0 aromatic heterocycles. The molecule has 6 heteroatoms. The second-order valence-electron chi connectivity index (χ2n) is 3.80. The van der Waals surface area contributed by atoms with E-state index in [0.29, 0.717) is 23.0 Å². The van der Waals surface area contributed by atoms with Crippen LogP contribution in [-0.4, -0.2) is 22.9 Å². The first-order valence-electron chi connectivity index (χ1n) is 5.15. The van der Waals surface area contributed by atoms with Crippen LogP contribution in [-0.2, 0) is 20.8 Å². The highest BCUT2D eigenvalue weighted by Gasteiger charge is 2.31. The molecule has 1 aromatic carbocycles. The molecule has 2 amide bonds. The van der Waals surface area contributed by atoms with Gasteiger partial charge in [0.2, 0.25) is 5.91 Å². The van der Waals surface area contributed by atoms with Gasteiger partial charge in [-0.3, -0.25) is 9.59 Å². The van der Waals surface area contributed by atoms with Crippen molar-refractivity contribution in [2.45, 2.75) is 6.42 Å². The molecule has 0 atom stereocenters. The average molecular weight is 246 g/mol. The summed E-state index contributed by atoms with van der Waals surface area (Å²) >= 11 is 0. The summed E-state index contributed by atoms with van der Waals surface area (Å²) < 4.78 is 0. The van der Waals surface area contributed by atoms with E-state index < -0.39 is 17.8 Å². The molecule has 18 heavy (non-hydrogen) atoms. The van der Waals surface area contributed by atoms with Crippen LogP contribution in [0.5, 0.6) is 0 Å². The van der Waals surface area contributed by atoms with Crippen LogP contribution >= 0.6 is 0 Å². The van der Waals surface area contributed by atoms with Gasteiger partial charge < -0.3 is 10.8 Å². The molecular weight excluding hydrogens is 236 g/mol. The van der Waals surface area contributed by atoms with Crippen LogP contribution in [0.3, 0.4) is 0 Å². The molecule has 1 aromatic rings. The minimum absolute atomic E-state index is 0.0903. The third kappa shape index (κ3) is 2.08. The molecule has 0 spiro atoms. The number of carbonyl (C=O) groups is 3. The van der Waals surface area contributed by atoms with E-state index in [-0.39, 0.29) is 6.42 Å². The number of hydrogen-bond acceptors (Lipinski definition) is 4. The Labute approximate surface area is 102 Å². The van der Waals surface area contributed by atoms with E-state index in [1.54, 1.807) is 18.2 Å². The number of nitrogen functional groups attached to an aromatic ring is 1. The monoisotopic (exact) mass is 246 g/mol. The molecule has 92 valence electrons. The van der Waals surface area contributed by atoms with Gasteiger partial charge in [0, 0.05) is 17.8 Å². The lowest BCUT2D eigenvalue weighted by atomic mass is 10.1. The number of carbonyl (C=O) groups excluding carboxylic acids is 2. The normalized spacial score (nSPS) is 14.0. The number of hydrogen-bond donors (Lipinski definition) is 2. The second-order valence-corrected chi connectivity index (χ2v) is 3.80. The topological polar surface area (TPSA) is 101 Å². The largest absolute Gasteiger partial charge is 0.478 e. The fraction of sp³-hybridized carbons (Fsp3) is 0.0833. The highest BCUT2D eigenvalue weighted by Crippen LogP contribution is 2.30. The Morgan fingerprint density at radius 3 is 2.72 bits per heavy atom. The highest BCUT2D eigenvalue weighted by atomic mass is 16.4. The molecule has 3 N–H and O–H groups in total. The van der Waals surface area contributed by atoms with Crippen LogP contribution < -0.4 is 10.6 Å². The van der Waals surface area contributed by atoms with E-state index >= 15 is 0 Å². The fourth-order valence-corrected chi connectivity index (χ4v) is 1.80. The van der Waals surface area contributed by atoms with Crippen LogP contribution in [0, 0.1) is 0 Å². The number of imide groups is 1. The molecular formula is C12H10N2O4. The Bertz CT molecular complexity index is 577. The molecule has 6 nitrogen and oxygen atoms in total. The van der Waals surface area contributed by atoms with Crippen molar-refractivity contribution >= 4 is 29.2 Å². The number of aliphatic carboxylic acids is 1. The first kappa shape index (κ1) is 11.8. The van der Waals surface area contributed by atoms with Crippen molar-refractivity contribution in [3.05, 3.63) is 35.9 Å². The smallest absolute Gasteiger partial charge is 0.328 e. The average Bonchev–Trinajstić information content (AvgIpc) is 2.61. The van der Waals surface area contributed by atoms with Gasteiger partial charge in [-0.2, -0.15) is 0 Å². The van der Waals surface area contributed by atoms with Crippen molar-refractivity contribution in [3.63, 3.8) is 0 Å². The van der Waals surface area contributed by atoms with Crippen molar-refractivity contribution < 1.29 is 19.5 Å². The van der Waals surface area contributed by atoms with Crippen molar-refractivity contribution in [1.82, 2.24) is 0 Å². The third-order valence-corrected chi connectivity index (χ3v) is 2.52. The summed E-state index contributed by atoms with van der Waals surface area (Å²) in [6.07, 6.45) is 1.64. The zero-order chi connectivity index (χ0) is 13.3. The summed E-state index contributed by atoms with van der Waals surface area (Å²) in [5.74, 6) is -2.31. The van der Waals surface area contributed by atoms with Crippen LogP contribution in [0.25, 0.3) is 0 Å². The molecule has 2 rings (SSSR count). The summed E-state index contributed by atoms with van der Waals surface area (Å²) in [4.78, 5) is 34.7. The summed E-state index contributed by atoms with van der Waals surface area (Å²) in [7, 11) is 0. The summed E-state index contributed by atoms with van der Waals surface area (Å²) in [6, 6.07) is 4.78. The maximum absolute atomic E-state index is 11.7. The lowest BCUT2D eigenvalue weighted by Gasteiger charge is -2.12. The van der Waals surface area contributed by atoms with Crippen LogP contribution in [0.4, 0.5) is 11.4 Å². The Kier molecular flexibility index (Phi) is 2.85. The van der Waals surface area contributed by atoms with Gasteiger partial charge in [-0.25, -0.2) is 9.69 Å². The van der Waals surface area contributed by atoms with E-state index in [0.717, 1.165) is 11.0 Å². The van der Waals surface area contributed by atoms with Crippen molar-refractivity contribution in [2.75, 3.05) is 10.6 Å². The predicted molar refractivity (Wildman–Crippen MR) is 63.8 cm³/mol. The minimum Gasteiger partial charge on any atom is -0.478 e. The molecule has 0 aliphatic carbocycles. The van der Waals surface area contributed by atoms with Crippen molar-refractivity contribution in [2.24, 2.45) is 0 Å². The highest BCUT2D eigenvalue weighted by molar-refractivity contribution is 6.23. The van der Waals surface area contributed by atoms with Gasteiger partial charge >= 0.3 is 5.97 Å². The fourth-order valence-electron chi connectivity index (χ4n) is 1.80. The number of carboxylic acids is 1. The van der Waals surface area contributed by atoms with E-state index in [4.69, 9.17) is 10.8 Å². The summed E-state index contributed by atoms with van der Waals surface area (Å²) in [5.41, 5.74) is 7.22. The van der Waals surface area contributed by atoms with E-state index in [2.05, 4.69) is 0 Å². The molecule has 1 heterocycles. The Morgan fingerprint density at radius 2 is 2.06 bits per heavy atom. The maximum atomic E-state index is 11.7. The van der Waals surface area contributed by atoms with Crippen molar-refractivity contribution in [3.8, 4) is 0 Å². The summed E-state index contributed by atoms with van der Waals surface area (Å²) in [6.45, 7) is 0. The van der Waals surface area contributed by atoms with Gasteiger partial charge in [-0.15, -0.1) is 0 Å². The van der Waals surface area contributed by atoms with Gasteiger partial charge in [0.25, 0.3) is 5.91 Å². The predicted octanol–water partition coefficient (Wildman–Crippen LogP) is 0.325. The molecule has 0 bridgehead atoms. The minimum atomic E-state index is -1.24. The Balaban J connectivity index is 2.33. The van der Waals surface area contributed by atoms with Gasteiger partial charge in [0.05, 0.1) is 12.1 Å². The first-order valence-corrected chi connectivity index (χ1v) is 5.15. The number of nitrogens with two attached hydrogens (primary N) is 1. The Morgan fingerprint density at radius 1 is 1.33 bits per heavy atom. The zero-order valence-corrected chi connectivity index (χ0v) is 9.29. The molecule has 0 saturated heterocycles.